The van der Waals surface area contributed by atoms with E-state index in [9.17, 15) is 5.11 Å². The van der Waals surface area contributed by atoms with E-state index in [-0.39, 0.29) is 0 Å². The molecule has 0 heterocycles. The van der Waals surface area contributed by atoms with Gasteiger partial charge in [-0.15, -0.1) is 6.42 Å². The Bertz CT molecular complexity index is 593. The van der Waals surface area contributed by atoms with Gasteiger partial charge in [-0.05, 0) is 12.1 Å². The summed E-state index contributed by atoms with van der Waals surface area (Å²) in [5.41, 5.74) is -0.594. The first-order valence-electron chi connectivity index (χ1n) is 6.14. The lowest BCUT2D eigenvalue weighted by atomic mass is 9.86. The molecule has 0 saturated carbocycles. The smallest absolute Gasteiger partial charge is 0.183 e. The molecule has 0 atom stereocenters. The lowest BCUT2D eigenvalue weighted by Crippen LogP contribution is -2.26. The average molecular weight is 268 g/mol. The van der Waals surface area contributed by atoms with E-state index < -0.39 is 5.60 Å². The number of hydrogen-bond acceptors (Lipinski definition) is 3. The number of hydrogen-bond donors (Lipinski definition) is 1. The van der Waals surface area contributed by atoms with Crippen LogP contribution in [0.2, 0.25) is 0 Å². The van der Waals surface area contributed by atoms with Crippen LogP contribution in [-0.4, -0.2) is 19.3 Å². The molecule has 0 unspecified atom stereocenters. The normalized spacial score (nSPS) is 10.7. The van der Waals surface area contributed by atoms with Crippen molar-refractivity contribution in [2.24, 2.45) is 0 Å². The van der Waals surface area contributed by atoms with Gasteiger partial charge in [-0.3, -0.25) is 0 Å². The summed E-state index contributed by atoms with van der Waals surface area (Å²) >= 11 is 0. The zero-order valence-corrected chi connectivity index (χ0v) is 11.5. The second-order valence-electron chi connectivity index (χ2n) is 4.26. The van der Waals surface area contributed by atoms with Crippen LogP contribution in [0.4, 0.5) is 0 Å². The molecule has 0 spiro atoms. The van der Waals surface area contributed by atoms with Crippen molar-refractivity contribution in [3.63, 3.8) is 0 Å². The van der Waals surface area contributed by atoms with Crippen molar-refractivity contribution >= 4 is 0 Å². The maximum Gasteiger partial charge on any atom is 0.183 e. The van der Waals surface area contributed by atoms with E-state index >= 15 is 0 Å². The molecule has 0 fully saturated rings. The first-order valence-corrected chi connectivity index (χ1v) is 6.14. The van der Waals surface area contributed by atoms with Crippen molar-refractivity contribution < 1.29 is 14.6 Å². The van der Waals surface area contributed by atoms with Crippen molar-refractivity contribution in [3.05, 3.63) is 59.7 Å². The SMILES string of the molecule is C#CC(O)(c1ccccc1OC)c1ccccc1OC. The summed E-state index contributed by atoms with van der Waals surface area (Å²) in [7, 11) is 3.08. The van der Waals surface area contributed by atoms with Crippen molar-refractivity contribution in [2.45, 2.75) is 5.60 Å². The molecule has 1 N–H and O–H groups in total. The van der Waals surface area contributed by atoms with Crippen molar-refractivity contribution in [3.8, 4) is 23.8 Å². The predicted octanol–water partition coefficient (Wildman–Crippen LogP) is 2.57. The summed E-state index contributed by atoms with van der Waals surface area (Å²) < 4.78 is 10.6. The molecular weight excluding hydrogens is 252 g/mol. The van der Waals surface area contributed by atoms with E-state index in [0.717, 1.165) is 0 Å². The molecule has 0 saturated heterocycles. The summed E-state index contributed by atoms with van der Waals surface area (Å²) in [5.74, 6) is 3.51. The Labute approximate surface area is 118 Å². The lowest BCUT2D eigenvalue weighted by Gasteiger charge is -2.26. The molecule has 2 rings (SSSR count). The number of rotatable bonds is 4. The van der Waals surface area contributed by atoms with Crippen LogP contribution in [0.5, 0.6) is 11.5 Å². The number of methoxy groups -OCH3 is 2. The van der Waals surface area contributed by atoms with E-state index in [1.165, 1.54) is 14.2 Å². The molecular formula is C17H16O3. The van der Waals surface area contributed by atoms with E-state index in [1.807, 2.05) is 12.1 Å². The van der Waals surface area contributed by atoms with Gasteiger partial charge in [0.15, 0.2) is 5.60 Å². The summed E-state index contributed by atoms with van der Waals surface area (Å²) in [6.07, 6.45) is 5.61. The first kappa shape index (κ1) is 14.0. The quantitative estimate of drug-likeness (QED) is 0.866. The number of aliphatic hydroxyl groups is 1. The largest absolute Gasteiger partial charge is 0.496 e. The highest BCUT2D eigenvalue weighted by molar-refractivity contribution is 5.54. The van der Waals surface area contributed by atoms with Gasteiger partial charge in [0.2, 0.25) is 0 Å². The Hall–Kier alpha value is -2.44. The van der Waals surface area contributed by atoms with Crippen LogP contribution in [0.1, 0.15) is 11.1 Å². The molecule has 3 nitrogen and oxygen atoms in total. The van der Waals surface area contributed by atoms with E-state index in [1.54, 1.807) is 36.4 Å². The number of para-hydroxylation sites is 2. The number of ether oxygens (including phenoxy) is 2. The summed E-state index contributed by atoms with van der Waals surface area (Å²) in [6.45, 7) is 0. The van der Waals surface area contributed by atoms with Crippen LogP contribution < -0.4 is 9.47 Å². The van der Waals surface area contributed by atoms with Gasteiger partial charge in [0.05, 0.1) is 14.2 Å². The fourth-order valence-corrected chi connectivity index (χ4v) is 2.19. The Morgan fingerprint density at radius 3 is 1.65 bits per heavy atom. The van der Waals surface area contributed by atoms with Gasteiger partial charge in [0.25, 0.3) is 0 Å². The van der Waals surface area contributed by atoms with Gasteiger partial charge >= 0.3 is 0 Å². The highest BCUT2D eigenvalue weighted by atomic mass is 16.5. The zero-order chi connectivity index (χ0) is 14.6. The molecule has 0 aliphatic heterocycles. The van der Waals surface area contributed by atoms with Gasteiger partial charge in [0.1, 0.15) is 11.5 Å². The van der Waals surface area contributed by atoms with E-state index in [4.69, 9.17) is 15.9 Å². The monoisotopic (exact) mass is 268 g/mol. The summed E-state index contributed by atoms with van der Waals surface area (Å²) in [5, 5.41) is 11.0. The van der Waals surface area contributed by atoms with Gasteiger partial charge in [0, 0.05) is 11.1 Å². The second-order valence-corrected chi connectivity index (χ2v) is 4.26. The van der Waals surface area contributed by atoms with Crippen LogP contribution in [0.15, 0.2) is 48.5 Å². The van der Waals surface area contributed by atoms with Crippen LogP contribution >= 0.6 is 0 Å². The van der Waals surface area contributed by atoms with Crippen molar-refractivity contribution in [1.29, 1.82) is 0 Å². The molecule has 0 bridgehead atoms. The topological polar surface area (TPSA) is 38.7 Å². The van der Waals surface area contributed by atoms with E-state index in [0.29, 0.717) is 22.6 Å². The minimum Gasteiger partial charge on any atom is -0.496 e. The highest BCUT2D eigenvalue weighted by Crippen LogP contribution is 2.39. The maximum atomic E-state index is 11.0. The van der Waals surface area contributed by atoms with Crippen LogP contribution in [0.3, 0.4) is 0 Å². The Kier molecular flexibility index (Phi) is 3.97. The minimum atomic E-state index is -1.61. The Morgan fingerprint density at radius 2 is 1.30 bits per heavy atom. The Morgan fingerprint density at radius 1 is 0.900 bits per heavy atom. The molecule has 20 heavy (non-hydrogen) atoms. The molecule has 0 aliphatic carbocycles. The van der Waals surface area contributed by atoms with Crippen LogP contribution in [0.25, 0.3) is 0 Å². The lowest BCUT2D eigenvalue weighted by molar-refractivity contribution is 0.137. The fraction of sp³-hybridized carbons (Fsp3) is 0.176. The molecule has 0 radical (unpaired) electrons. The van der Waals surface area contributed by atoms with Crippen LogP contribution in [-0.2, 0) is 5.60 Å². The molecule has 0 aliphatic rings. The van der Waals surface area contributed by atoms with Gasteiger partial charge < -0.3 is 14.6 Å². The third-order valence-electron chi connectivity index (χ3n) is 3.20. The molecule has 2 aromatic carbocycles. The third kappa shape index (κ3) is 2.22. The van der Waals surface area contributed by atoms with Crippen LogP contribution in [0, 0.1) is 12.3 Å². The summed E-state index contributed by atoms with van der Waals surface area (Å²) in [6, 6.07) is 14.2. The molecule has 102 valence electrons. The van der Waals surface area contributed by atoms with Gasteiger partial charge in [-0.1, -0.05) is 42.3 Å². The van der Waals surface area contributed by atoms with Gasteiger partial charge in [-0.2, -0.15) is 0 Å². The molecule has 3 heteroatoms. The number of terminal acetylenes is 1. The third-order valence-corrected chi connectivity index (χ3v) is 3.20. The summed E-state index contributed by atoms with van der Waals surface area (Å²) in [4.78, 5) is 0. The zero-order valence-electron chi connectivity index (χ0n) is 11.5. The number of benzene rings is 2. The van der Waals surface area contributed by atoms with Crippen molar-refractivity contribution in [2.75, 3.05) is 14.2 Å². The van der Waals surface area contributed by atoms with E-state index in [2.05, 4.69) is 5.92 Å². The second kappa shape index (κ2) is 5.68. The van der Waals surface area contributed by atoms with Gasteiger partial charge in [-0.25, -0.2) is 0 Å². The fourth-order valence-electron chi connectivity index (χ4n) is 2.19. The Balaban J connectivity index is 2.68. The van der Waals surface area contributed by atoms with Crippen molar-refractivity contribution in [1.82, 2.24) is 0 Å². The average Bonchev–Trinajstić information content (AvgIpc) is 2.54. The first-order chi connectivity index (χ1) is 9.67. The highest BCUT2D eigenvalue weighted by Gasteiger charge is 2.34. The minimum absolute atomic E-state index is 0.509. The standard InChI is InChI=1S/C17H16O3/c1-4-17(18,13-9-5-7-11-15(13)19-2)14-10-6-8-12-16(14)20-3/h1,5-12,18H,2-3H3. The predicted molar refractivity (Wildman–Crippen MR) is 77.8 cm³/mol. The molecule has 0 aromatic heterocycles. The molecule has 2 aromatic rings. The maximum absolute atomic E-state index is 11.0. The molecule has 0 amide bonds.